The van der Waals surface area contributed by atoms with E-state index in [2.05, 4.69) is 35.4 Å². The first-order chi connectivity index (χ1) is 42.6. The van der Waals surface area contributed by atoms with Crippen LogP contribution in [-0.2, 0) is 68.6 Å². The van der Waals surface area contributed by atoms with Crippen LogP contribution < -0.4 is 17.6 Å². The number of carbonyl (C=O) groups excluding carboxylic acids is 4. The summed E-state index contributed by atoms with van der Waals surface area (Å²) in [5.41, 5.74) is 1.08. The van der Waals surface area contributed by atoms with Crippen LogP contribution >= 0.6 is 15.9 Å². The molecule has 0 radical (unpaired) electrons. The number of pyridine rings is 2. The summed E-state index contributed by atoms with van der Waals surface area (Å²) in [5.74, 6) is -1.21. The number of alkyl halides is 1. The number of carbonyl (C=O) groups is 4. The first-order valence-corrected chi connectivity index (χ1v) is 35.0. The van der Waals surface area contributed by atoms with Crippen molar-refractivity contribution in [3.8, 4) is 0 Å². The Morgan fingerprint density at radius 2 is 0.802 bits per heavy atom. The molecule has 1 N–H and O–H groups in total. The minimum Gasteiger partial charge on any atom is -0.465 e. The van der Waals surface area contributed by atoms with E-state index in [0.717, 1.165) is 39.0 Å². The third-order valence-electron chi connectivity index (χ3n) is 12.6. The van der Waals surface area contributed by atoms with E-state index in [1.165, 1.54) is 60.7 Å². The second kappa shape index (κ2) is 29.6. The van der Waals surface area contributed by atoms with Gasteiger partial charge >= 0.3 is 24.1 Å². The molecule has 8 aromatic rings. The van der Waals surface area contributed by atoms with E-state index in [-0.39, 0.29) is 71.3 Å². The van der Waals surface area contributed by atoms with Gasteiger partial charge in [-0.1, -0.05) is 135 Å². The zero-order chi connectivity index (χ0) is 67.4. The molecule has 6 aromatic carbocycles. The van der Waals surface area contributed by atoms with Gasteiger partial charge in [-0.25, -0.2) is 57.5 Å². The molecule has 0 atom stereocenters. The van der Waals surface area contributed by atoms with Crippen molar-refractivity contribution in [3.63, 3.8) is 0 Å². The average Bonchev–Trinajstić information content (AvgIpc) is 0.764. The Labute approximate surface area is 539 Å². The number of hydrogen-bond acceptors (Lipinski definition) is 18. The highest BCUT2D eigenvalue weighted by molar-refractivity contribution is 9.09. The van der Waals surface area contributed by atoms with Crippen molar-refractivity contribution in [3.05, 3.63) is 180 Å². The van der Waals surface area contributed by atoms with Crippen LogP contribution in [0.5, 0.6) is 0 Å². The molecular formula is C64H71BrN6O16S4. The number of sulfonamides is 4. The Bertz CT molecular complexity index is 4410. The monoisotopic (exact) mass is 1390 g/mol. The molecule has 0 aliphatic carbocycles. The number of amides is 2. The van der Waals surface area contributed by atoms with Crippen LogP contribution in [0, 0.1) is 27.7 Å². The minimum atomic E-state index is -4.56. The third kappa shape index (κ3) is 18.1. The van der Waals surface area contributed by atoms with E-state index in [0.29, 0.717) is 25.9 Å². The number of nitrogens with one attached hydrogen (secondary N) is 1. The summed E-state index contributed by atoms with van der Waals surface area (Å²) >= 11 is 2.94. The number of nitrogens with zero attached hydrogens (tertiary/aromatic N) is 5. The molecule has 0 saturated heterocycles. The summed E-state index contributed by atoms with van der Waals surface area (Å²) in [6.45, 7) is 20.1. The van der Waals surface area contributed by atoms with Crippen molar-refractivity contribution in [2.24, 2.45) is 0 Å². The molecule has 2 heterocycles. The van der Waals surface area contributed by atoms with Gasteiger partial charge in [-0.3, -0.25) is 14.3 Å². The van der Waals surface area contributed by atoms with Gasteiger partial charge in [0.15, 0.2) is 5.82 Å². The molecule has 0 aliphatic rings. The average molecular weight is 1390 g/mol. The quantitative estimate of drug-likeness (QED) is 0.0503. The molecule has 484 valence electrons. The fraction of sp³-hybridized carbons (Fsp3) is 0.281. The van der Waals surface area contributed by atoms with Crippen molar-refractivity contribution in [2.45, 2.75) is 114 Å². The van der Waals surface area contributed by atoms with Gasteiger partial charge in [0, 0.05) is 21.5 Å². The molecule has 2 aromatic heterocycles. The lowest BCUT2D eigenvalue weighted by molar-refractivity contribution is -0.141. The maximum absolute atomic E-state index is 14.1. The van der Waals surface area contributed by atoms with Crippen LogP contribution in [0.3, 0.4) is 0 Å². The minimum absolute atomic E-state index is 0.0199. The van der Waals surface area contributed by atoms with Gasteiger partial charge in [-0.15, -0.1) is 0 Å². The summed E-state index contributed by atoms with van der Waals surface area (Å²) in [7, 11) is -17.4. The third-order valence-corrected chi connectivity index (χ3v) is 19.6. The lowest BCUT2D eigenvalue weighted by Crippen LogP contribution is -2.41. The molecule has 0 spiro atoms. The molecule has 0 fully saturated rings. The summed E-state index contributed by atoms with van der Waals surface area (Å²) in [5, 5.41) is 1.18. The number of halogens is 1. The van der Waals surface area contributed by atoms with E-state index >= 15 is 0 Å². The normalized spacial score (nSPS) is 11.8. The number of hydrogen-bond donors (Lipinski definition) is 1. The maximum atomic E-state index is 14.1. The summed E-state index contributed by atoms with van der Waals surface area (Å²) < 4.78 is 135. The van der Waals surface area contributed by atoms with Crippen LogP contribution in [0.15, 0.2) is 178 Å². The zero-order valence-corrected chi connectivity index (χ0v) is 57.0. The Hall–Kier alpha value is -8.50. The summed E-state index contributed by atoms with van der Waals surface area (Å²) in [6, 6.07) is 37.1. The van der Waals surface area contributed by atoms with Crippen LogP contribution in [0.1, 0.15) is 77.6 Å². The van der Waals surface area contributed by atoms with Gasteiger partial charge in [0.1, 0.15) is 28.9 Å². The molecule has 0 bridgehead atoms. The van der Waals surface area contributed by atoms with Gasteiger partial charge in [0.2, 0.25) is 0 Å². The fourth-order valence-electron chi connectivity index (χ4n) is 8.37. The molecule has 8 rings (SSSR count). The topological polar surface area (TPSA) is 289 Å². The van der Waals surface area contributed by atoms with Crippen molar-refractivity contribution >= 4 is 125 Å². The van der Waals surface area contributed by atoms with Gasteiger partial charge in [0.05, 0.1) is 56.6 Å². The molecular weight excluding hydrogens is 1320 g/mol. The van der Waals surface area contributed by atoms with Crippen LogP contribution in [0.2, 0.25) is 0 Å². The Morgan fingerprint density at radius 3 is 1.18 bits per heavy atom. The van der Waals surface area contributed by atoms with Gasteiger partial charge < -0.3 is 18.9 Å². The highest BCUT2D eigenvalue weighted by Crippen LogP contribution is 2.39. The molecule has 0 aliphatic heterocycles. The zero-order valence-electron chi connectivity index (χ0n) is 52.1. The van der Waals surface area contributed by atoms with Crippen LogP contribution in [0.25, 0.3) is 21.5 Å². The predicted molar refractivity (Wildman–Crippen MR) is 352 cm³/mol. The number of benzene rings is 6. The van der Waals surface area contributed by atoms with Gasteiger partial charge in [-0.05, 0) is 132 Å². The van der Waals surface area contributed by atoms with Crippen molar-refractivity contribution < 1.29 is 71.8 Å². The standard InChI is InChI=1S/C32H35N3O8S2.C28H29N3O6S2.C4H7BrO2/c1-7-42-29(36)21-34(44(38,39)24-16-12-22(2)13-17-24)30-27-11-9-8-10-26(27)28(20-33-30)35(31(37)43-32(4,5)6)45(40,41)25-18-14-23(3)15-19-25;1-19-10-14-21(15-11-19)38(33,34)30-26-24-9-7-6-8-23(24)25(18-29-26)31(27(32)37-28(3,4)5)39(35,36)22-16-12-20(2)13-17-22;1-2-7-4(6)3-5/h8-20H,7,21H2,1-6H3;6-18H,1-5H3,(H,29,30);2-3H2,1H3. The van der Waals surface area contributed by atoms with E-state index in [9.17, 15) is 52.8 Å². The second-order valence-electron chi connectivity index (χ2n) is 22.2. The Morgan fingerprint density at radius 1 is 0.462 bits per heavy atom. The summed E-state index contributed by atoms with van der Waals surface area (Å²) in [6.07, 6.45) is -0.0809. The molecule has 2 amide bonds. The van der Waals surface area contributed by atoms with Crippen LogP contribution in [0.4, 0.5) is 32.6 Å². The molecule has 0 unspecified atom stereocenters. The first kappa shape index (κ1) is 71.6. The predicted octanol–water partition coefficient (Wildman–Crippen LogP) is 12.5. The Balaban J connectivity index is 0.000000264. The second-order valence-corrected chi connectivity index (χ2v) is 29.8. The van der Waals surface area contributed by atoms with Gasteiger partial charge in [0.25, 0.3) is 40.1 Å². The SMILES string of the molecule is CCOC(=O)CBr.CCOC(=O)CN(c1ncc(N(C(=O)OC(C)(C)C)S(=O)(=O)c2ccc(C)cc2)c2ccccc12)S(=O)(=O)c1ccc(C)cc1.Cc1ccc(S(=O)(=O)Nc2ncc(N(C(=O)OC(C)(C)C)S(=O)(=O)c3ccc(C)cc3)c3ccccc23)cc1. The van der Waals surface area contributed by atoms with Gasteiger partial charge in [-0.2, -0.15) is 8.61 Å². The molecule has 27 heteroatoms. The molecule has 22 nitrogen and oxygen atoms in total. The lowest BCUT2D eigenvalue weighted by Gasteiger charge is -2.29. The number of ether oxygens (including phenoxy) is 4. The smallest absolute Gasteiger partial charge is 0.429 e. The number of esters is 2. The van der Waals surface area contributed by atoms with Crippen molar-refractivity contribution in [1.82, 2.24) is 9.97 Å². The number of rotatable bonds is 17. The van der Waals surface area contributed by atoms with Crippen molar-refractivity contribution in [2.75, 3.05) is 42.7 Å². The summed E-state index contributed by atoms with van der Waals surface area (Å²) in [4.78, 5) is 58.2. The number of aryl methyl sites for hydroxylation is 4. The lowest BCUT2D eigenvalue weighted by atomic mass is 10.1. The van der Waals surface area contributed by atoms with Crippen molar-refractivity contribution in [1.29, 1.82) is 0 Å². The van der Waals surface area contributed by atoms with Crippen LogP contribution in [-0.4, -0.2) is 104 Å². The van der Waals surface area contributed by atoms with E-state index < -0.39 is 76.0 Å². The maximum Gasteiger partial charge on any atom is 0.429 e. The molecule has 91 heavy (non-hydrogen) atoms. The fourth-order valence-corrected chi connectivity index (χ4v) is 13.6. The number of aromatic nitrogens is 2. The highest BCUT2D eigenvalue weighted by Gasteiger charge is 2.39. The van der Waals surface area contributed by atoms with E-state index in [4.69, 9.17) is 14.2 Å². The van der Waals surface area contributed by atoms with E-state index in [1.54, 1.807) is 147 Å². The highest BCUT2D eigenvalue weighted by atomic mass is 79.9. The van der Waals surface area contributed by atoms with E-state index in [1.807, 2.05) is 20.8 Å². The molecule has 0 saturated carbocycles. The number of fused-ring (bicyclic) bond motifs is 2. The first-order valence-electron chi connectivity index (χ1n) is 28.1. The number of anilines is 4. The Kier molecular flexibility index (Phi) is 23.3. The largest absolute Gasteiger partial charge is 0.465 e.